The van der Waals surface area contributed by atoms with E-state index in [2.05, 4.69) is 4.74 Å². The molecule has 0 rings (SSSR count). The van der Waals surface area contributed by atoms with Gasteiger partial charge in [0, 0.05) is 6.42 Å². The van der Waals surface area contributed by atoms with E-state index >= 15 is 0 Å². The molecule has 0 amide bonds. The molecule has 0 bridgehead atoms. The molecule has 0 radical (unpaired) electrons. The number of carbonyl (C=O) groups is 1. The Morgan fingerprint density at radius 2 is 2.30 bits per heavy atom. The van der Waals surface area contributed by atoms with Gasteiger partial charge in [-0.3, -0.25) is 4.79 Å². The van der Waals surface area contributed by atoms with Crippen molar-refractivity contribution in [2.75, 3.05) is 13.7 Å². The zero-order chi connectivity index (χ0) is 7.98. The first-order valence-electron chi connectivity index (χ1n) is 3.47. The Labute approximate surface area is 61.5 Å². The van der Waals surface area contributed by atoms with Crippen molar-refractivity contribution in [2.24, 2.45) is 11.7 Å². The van der Waals surface area contributed by atoms with Gasteiger partial charge in [-0.15, -0.1) is 0 Å². The fourth-order valence-electron chi connectivity index (χ4n) is 0.754. The molecule has 0 aromatic carbocycles. The summed E-state index contributed by atoms with van der Waals surface area (Å²) in [4.78, 5) is 10.6. The summed E-state index contributed by atoms with van der Waals surface area (Å²) in [5.41, 5.74) is 5.29. The lowest BCUT2D eigenvalue weighted by Crippen LogP contribution is -2.11. The largest absolute Gasteiger partial charge is 0.469 e. The molecule has 0 aliphatic carbocycles. The average Bonchev–Trinajstić information content (AvgIpc) is 1.88. The highest BCUT2D eigenvalue weighted by atomic mass is 16.5. The molecule has 0 unspecified atom stereocenters. The number of ether oxygens (including phenoxy) is 1. The van der Waals surface area contributed by atoms with E-state index in [0.29, 0.717) is 18.9 Å². The fraction of sp³-hybridized carbons (Fsp3) is 0.857. The van der Waals surface area contributed by atoms with Gasteiger partial charge in [0.1, 0.15) is 0 Å². The second-order valence-electron chi connectivity index (χ2n) is 2.46. The van der Waals surface area contributed by atoms with E-state index in [1.54, 1.807) is 0 Å². The van der Waals surface area contributed by atoms with Crippen LogP contribution in [0.2, 0.25) is 0 Å². The molecule has 0 aliphatic rings. The molecule has 0 fully saturated rings. The second kappa shape index (κ2) is 5.23. The van der Waals surface area contributed by atoms with Crippen LogP contribution in [-0.4, -0.2) is 19.6 Å². The van der Waals surface area contributed by atoms with E-state index in [9.17, 15) is 4.79 Å². The Morgan fingerprint density at radius 3 is 2.70 bits per heavy atom. The van der Waals surface area contributed by atoms with Crippen molar-refractivity contribution in [3.05, 3.63) is 0 Å². The van der Waals surface area contributed by atoms with Gasteiger partial charge in [0.15, 0.2) is 0 Å². The first kappa shape index (κ1) is 9.43. The van der Waals surface area contributed by atoms with Gasteiger partial charge in [0.2, 0.25) is 0 Å². The lowest BCUT2D eigenvalue weighted by molar-refractivity contribution is -0.141. The highest BCUT2D eigenvalue weighted by molar-refractivity contribution is 5.69. The first-order chi connectivity index (χ1) is 4.70. The molecule has 0 aliphatic heterocycles. The SMILES string of the molecule is COC(=O)C[C@H](C)CCN. The zero-order valence-corrected chi connectivity index (χ0v) is 6.59. The van der Waals surface area contributed by atoms with Gasteiger partial charge >= 0.3 is 5.97 Å². The van der Waals surface area contributed by atoms with Gasteiger partial charge in [-0.1, -0.05) is 6.92 Å². The third kappa shape index (κ3) is 4.32. The third-order valence-electron chi connectivity index (χ3n) is 1.40. The quantitative estimate of drug-likeness (QED) is 0.587. The summed E-state index contributed by atoms with van der Waals surface area (Å²) in [5, 5.41) is 0. The fourth-order valence-corrected chi connectivity index (χ4v) is 0.754. The molecule has 1 atom stereocenters. The molecule has 3 nitrogen and oxygen atoms in total. The molecule has 10 heavy (non-hydrogen) atoms. The Kier molecular flexibility index (Phi) is 4.94. The average molecular weight is 145 g/mol. The predicted molar refractivity (Wildman–Crippen MR) is 39.5 cm³/mol. The van der Waals surface area contributed by atoms with Gasteiger partial charge in [0.25, 0.3) is 0 Å². The maximum atomic E-state index is 10.6. The van der Waals surface area contributed by atoms with Gasteiger partial charge in [0.05, 0.1) is 7.11 Å². The normalized spacial score (nSPS) is 12.7. The molecule has 0 heterocycles. The van der Waals surface area contributed by atoms with E-state index in [0.717, 1.165) is 6.42 Å². The van der Waals surface area contributed by atoms with Crippen molar-refractivity contribution in [3.63, 3.8) is 0 Å². The maximum Gasteiger partial charge on any atom is 0.305 e. The Morgan fingerprint density at radius 1 is 1.70 bits per heavy atom. The van der Waals surface area contributed by atoms with Crippen LogP contribution in [-0.2, 0) is 9.53 Å². The number of carbonyl (C=O) groups excluding carboxylic acids is 1. The van der Waals surface area contributed by atoms with Crippen molar-refractivity contribution < 1.29 is 9.53 Å². The Bertz CT molecular complexity index is 104. The summed E-state index contributed by atoms with van der Waals surface area (Å²) in [6.07, 6.45) is 1.36. The molecule has 60 valence electrons. The van der Waals surface area contributed by atoms with Gasteiger partial charge < -0.3 is 10.5 Å². The van der Waals surface area contributed by atoms with E-state index < -0.39 is 0 Å². The monoisotopic (exact) mass is 145 g/mol. The van der Waals surface area contributed by atoms with Gasteiger partial charge in [-0.2, -0.15) is 0 Å². The summed E-state index contributed by atoms with van der Waals surface area (Å²) in [6.45, 7) is 2.63. The van der Waals surface area contributed by atoms with Crippen molar-refractivity contribution in [1.82, 2.24) is 0 Å². The molecule has 3 heteroatoms. The van der Waals surface area contributed by atoms with Crippen LogP contribution in [0, 0.1) is 5.92 Å². The summed E-state index contributed by atoms with van der Waals surface area (Å²) in [5.74, 6) is 0.193. The zero-order valence-electron chi connectivity index (χ0n) is 6.59. The van der Waals surface area contributed by atoms with Crippen LogP contribution in [0.5, 0.6) is 0 Å². The summed E-state index contributed by atoms with van der Waals surface area (Å²) in [6, 6.07) is 0. The summed E-state index contributed by atoms with van der Waals surface area (Å²) < 4.78 is 4.49. The number of esters is 1. The summed E-state index contributed by atoms with van der Waals surface area (Å²) in [7, 11) is 1.40. The molecule has 2 N–H and O–H groups in total. The lowest BCUT2D eigenvalue weighted by atomic mass is 10.0. The standard InChI is InChI=1S/C7H15NO2/c1-6(3-4-8)5-7(9)10-2/h6H,3-5,8H2,1-2H3/t6-/m1/s1. The van der Waals surface area contributed by atoms with Crippen LogP contribution in [0.15, 0.2) is 0 Å². The van der Waals surface area contributed by atoms with Crippen molar-refractivity contribution >= 4 is 5.97 Å². The van der Waals surface area contributed by atoms with Crippen LogP contribution in [0.1, 0.15) is 19.8 Å². The number of hydrogen-bond acceptors (Lipinski definition) is 3. The van der Waals surface area contributed by atoms with Crippen LogP contribution >= 0.6 is 0 Å². The minimum absolute atomic E-state index is 0.152. The van der Waals surface area contributed by atoms with E-state index in [-0.39, 0.29) is 5.97 Å². The summed E-state index contributed by atoms with van der Waals surface area (Å²) >= 11 is 0. The molecule has 0 aromatic heterocycles. The molecular weight excluding hydrogens is 130 g/mol. The smallest absolute Gasteiger partial charge is 0.305 e. The van der Waals surface area contributed by atoms with E-state index in [4.69, 9.17) is 5.73 Å². The predicted octanol–water partition coefficient (Wildman–Crippen LogP) is 0.534. The van der Waals surface area contributed by atoms with Gasteiger partial charge in [-0.25, -0.2) is 0 Å². The maximum absolute atomic E-state index is 10.6. The topological polar surface area (TPSA) is 52.3 Å². The molecule has 0 spiro atoms. The molecular formula is C7H15NO2. The van der Waals surface area contributed by atoms with E-state index in [1.165, 1.54) is 7.11 Å². The molecule has 0 aromatic rings. The minimum Gasteiger partial charge on any atom is -0.469 e. The number of hydrogen-bond donors (Lipinski definition) is 1. The van der Waals surface area contributed by atoms with Crippen LogP contribution in [0.3, 0.4) is 0 Å². The lowest BCUT2D eigenvalue weighted by Gasteiger charge is -2.06. The molecule has 0 saturated heterocycles. The third-order valence-corrected chi connectivity index (χ3v) is 1.40. The number of rotatable bonds is 4. The van der Waals surface area contributed by atoms with Gasteiger partial charge in [-0.05, 0) is 18.9 Å². The highest BCUT2D eigenvalue weighted by Crippen LogP contribution is 2.05. The minimum atomic E-state index is -0.152. The number of nitrogens with two attached hydrogens (primary N) is 1. The van der Waals surface area contributed by atoms with Crippen LogP contribution in [0.25, 0.3) is 0 Å². The van der Waals surface area contributed by atoms with Crippen molar-refractivity contribution in [3.8, 4) is 0 Å². The Balaban J connectivity index is 3.37. The van der Waals surface area contributed by atoms with E-state index in [1.807, 2.05) is 6.92 Å². The second-order valence-corrected chi connectivity index (χ2v) is 2.46. The van der Waals surface area contributed by atoms with Crippen molar-refractivity contribution in [2.45, 2.75) is 19.8 Å². The van der Waals surface area contributed by atoms with Crippen molar-refractivity contribution in [1.29, 1.82) is 0 Å². The molecule has 0 saturated carbocycles. The van der Waals surface area contributed by atoms with Crippen LogP contribution < -0.4 is 5.73 Å². The highest BCUT2D eigenvalue weighted by Gasteiger charge is 2.06. The van der Waals surface area contributed by atoms with Crippen LogP contribution in [0.4, 0.5) is 0 Å². The first-order valence-corrected chi connectivity index (χ1v) is 3.47. The number of methoxy groups -OCH3 is 1. The Hall–Kier alpha value is -0.570.